The Morgan fingerprint density at radius 1 is 1.43 bits per heavy atom. The molecule has 0 saturated heterocycles. The van der Waals surface area contributed by atoms with Crippen LogP contribution in [0.3, 0.4) is 0 Å². The van der Waals surface area contributed by atoms with E-state index in [4.69, 9.17) is 5.11 Å². The van der Waals surface area contributed by atoms with Crippen LogP contribution in [0, 0.1) is 10.1 Å². The number of carbonyl (C=O) groups is 1. The van der Waals surface area contributed by atoms with E-state index in [1.165, 1.54) is 24.3 Å². The van der Waals surface area contributed by atoms with Gasteiger partial charge in [0, 0.05) is 12.1 Å². The minimum Gasteiger partial charge on any atom is -0.480 e. The second-order valence-electron chi connectivity index (χ2n) is 2.59. The van der Waals surface area contributed by atoms with E-state index < -0.39 is 16.1 Å². The molecule has 0 radical (unpaired) electrons. The molecule has 1 unspecified atom stereocenters. The third-order valence-electron chi connectivity index (χ3n) is 1.65. The molecule has 14 heavy (non-hydrogen) atoms. The van der Waals surface area contributed by atoms with E-state index in [1.54, 1.807) is 0 Å². The van der Waals surface area contributed by atoms with Crippen LogP contribution < -0.4 is 0 Å². The maximum absolute atomic E-state index is 10.5. The number of hydrogen-bond donors (Lipinski definition) is 2. The first-order chi connectivity index (χ1) is 6.52. The zero-order valence-electron chi connectivity index (χ0n) is 6.95. The molecule has 1 atom stereocenters. The summed E-state index contributed by atoms with van der Waals surface area (Å²) in [5.74, 6) is -1.08. The average molecular weight is 213 g/mol. The van der Waals surface area contributed by atoms with Crippen molar-refractivity contribution < 1.29 is 14.8 Å². The van der Waals surface area contributed by atoms with E-state index in [1.807, 2.05) is 0 Å². The molecule has 0 bridgehead atoms. The standard InChI is InChI=1S/C8H7NO4S/c10-8(11)7(14)5-1-3-6(4-2-5)9(12)13/h1-4,7,14H,(H,10,11). The Kier molecular flexibility index (Phi) is 3.08. The lowest BCUT2D eigenvalue weighted by Crippen LogP contribution is -2.04. The van der Waals surface area contributed by atoms with E-state index in [9.17, 15) is 14.9 Å². The molecule has 74 valence electrons. The van der Waals surface area contributed by atoms with Gasteiger partial charge in [-0.2, -0.15) is 12.6 Å². The van der Waals surface area contributed by atoms with Crippen LogP contribution in [-0.4, -0.2) is 16.0 Å². The van der Waals surface area contributed by atoms with Crippen molar-refractivity contribution in [2.45, 2.75) is 5.25 Å². The zero-order chi connectivity index (χ0) is 10.7. The predicted octanol–water partition coefficient (Wildman–Crippen LogP) is 1.65. The zero-order valence-corrected chi connectivity index (χ0v) is 7.85. The van der Waals surface area contributed by atoms with Crippen molar-refractivity contribution in [2.24, 2.45) is 0 Å². The minimum absolute atomic E-state index is 0.0697. The van der Waals surface area contributed by atoms with Gasteiger partial charge in [0.1, 0.15) is 5.25 Å². The Morgan fingerprint density at radius 2 is 1.93 bits per heavy atom. The number of nitrogens with zero attached hydrogens (tertiary/aromatic N) is 1. The number of carboxylic acid groups (broad SMARTS) is 1. The van der Waals surface area contributed by atoms with Gasteiger partial charge in [-0.3, -0.25) is 14.9 Å². The average Bonchev–Trinajstić information content (AvgIpc) is 2.16. The summed E-state index contributed by atoms with van der Waals surface area (Å²) in [5, 5.41) is 17.9. The van der Waals surface area contributed by atoms with Crippen molar-refractivity contribution in [3.05, 3.63) is 39.9 Å². The maximum Gasteiger partial charge on any atom is 0.320 e. The van der Waals surface area contributed by atoms with Gasteiger partial charge in [0.05, 0.1) is 4.92 Å². The molecule has 1 N–H and O–H groups in total. The van der Waals surface area contributed by atoms with E-state index in [2.05, 4.69) is 12.6 Å². The summed E-state index contributed by atoms with van der Waals surface area (Å²) in [6, 6.07) is 5.26. The van der Waals surface area contributed by atoms with E-state index in [-0.39, 0.29) is 5.69 Å². The molecule has 0 aromatic heterocycles. The first kappa shape index (κ1) is 10.5. The van der Waals surface area contributed by atoms with Crippen LogP contribution in [0.15, 0.2) is 24.3 Å². The van der Waals surface area contributed by atoms with Crippen LogP contribution in [0.1, 0.15) is 10.8 Å². The van der Waals surface area contributed by atoms with Crippen molar-refractivity contribution >= 4 is 24.3 Å². The Bertz CT molecular complexity index is 362. The van der Waals surface area contributed by atoms with Gasteiger partial charge >= 0.3 is 5.97 Å². The minimum atomic E-state index is -1.08. The number of rotatable bonds is 3. The predicted molar refractivity (Wildman–Crippen MR) is 52.5 cm³/mol. The number of hydrogen-bond acceptors (Lipinski definition) is 4. The summed E-state index contributed by atoms with van der Waals surface area (Å²) in [6.45, 7) is 0. The third-order valence-corrected chi connectivity index (χ3v) is 2.17. The Labute approximate surface area is 84.9 Å². The van der Waals surface area contributed by atoms with Crippen LogP contribution in [0.2, 0.25) is 0 Å². The van der Waals surface area contributed by atoms with E-state index in [0.29, 0.717) is 5.56 Å². The van der Waals surface area contributed by atoms with Crippen LogP contribution in [0.5, 0.6) is 0 Å². The van der Waals surface area contributed by atoms with E-state index in [0.717, 1.165) is 0 Å². The fourth-order valence-electron chi connectivity index (χ4n) is 0.921. The lowest BCUT2D eigenvalue weighted by Gasteiger charge is -2.04. The normalized spacial score (nSPS) is 12.1. The summed E-state index contributed by atoms with van der Waals surface area (Å²) >= 11 is 3.83. The largest absolute Gasteiger partial charge is 0.480 e. The molecule has 1 aromatic rings. The van der Waals surface area contributed by atoms with Crippen molar-refractivity contribution in [1.82, 2.24) is 0 Å². The van der Waals surface area contributed by atoms with Gasteiger partial charge in [0.25, 0.3) is 5.69 Å². The highest BCUT2D eigenvalue weighted by atomic mass is 32.1. The van der Waals surface area contributed by atoms with Crippen molar-refractivity contribution in [1.29, 1.82) is 0 Å². The number of thiol groups is 1. The molecule has 5 nitrogen and oxygen atoms in total. The van der Waals surface area contributed by atoms with Crippen LogP contribution in [0.25, 0.3) is 0 Å². The van der Waals surface area contributed by atoms with Crippen LogP contribution >= 0.6 is 12.6 Å². The Balaban J connectivity index is 2.94. The Morgan fingerprint density at radius 3 is 2.29 bits per heavy atom. The van der Waals surface area contributed by atoms with Gasteiger partial charge in [0.2, 0.25) is 0 Å². The molecular weight excluding hydrogens is 206 g/mol. The molecule has 1 rings (SSSR count). The molecular formula is C8H7NO4S. The lowest BCUT2D eigenvalue weighted by molar-refractivity contribution is -0.384. The topological polar surface area (TPSA) is 80.4 Å². The van der Waals surface area contributed by atoms with Gasteiger partial charge in [0.15, 0.2) is 0 Å². The molecule has 0 heterocycles. The first-order valence-electron chi connectivity index (χ1n) is 3.67. The number of benzene rings is 1. The monoisotopic (exact) mass is 213 g/mol. The molecule has 1 aromatic carbocycles. The molecule has 0 fully saturated rings. The summed E-state index contributed by atoms with van der Waals surface area (Å²) in [5.41, 5.74) is 0.353. The van der Waals surface area contributed by atoms with Gasteiger partial charge in [-0.05, 0) is 5.56 Å². The smallest absolute Gasteiger partial charge is 0.320 e. The quantitative estimate of drug-likeness (QED) is 0.454. The second kappa shape index (κ2) is 4.10. The molecule has 0 saturated carbocycles. The fraction of sp³-hybridized carbons (Fsp3) is 0.125. The van der Waals surface area contributed by atoms with Gasteiger partial charge in [-0.15, -0.1) is 0 Å². The molecule has 0 spiro atoms. The molecule has 6 heteroatoms. The van der Waals surface area contributed by atoms with E-state index >= 15 is 0 Å². The lowest BCUT2D eigenvalue weighted by atomic mass is 10.1. The Hall–Kier alpha value is -1.56. The van der Waals surface area contributed by atoms with Crippen LogP contribution in [0.4, 0.5) is 5.69 Å². The summed E-state index contributed by atoms with van der Waals surface area (Å²) < 4.78 is 0. The summed E-state index contributed by atoms with van der Waals surface area (Å²) in [4.78, 5) is 20.3. The molecule has 0 aliphatic heterocycles. The highest BCUT2D eigenvalue weighted by Gasteiger charge is 2.15. The number of nitro groups is 1. The maximum atomic E-state index is 10.5. The fourth-order valence-corrected chi connectivity index (χ4v) is 1.09. The number of nitro benzene ring substituents is 1. The summed E-state index contributed by atoms with van der Waals surface area (Å²) in [6.07, 6.45) is 0. The third kappa shape index (κ3) is 2.23. The van der Waals surface area contributed by atoms with Gasteiger partial charge in [-0.1, -0.05) is 12.1 Å². The second-order valence-corrected chi connectivity index (χ2v) is 3.11. The first-order valence-corrected chi connectivity index (χ1v) is 4.19. The molecule has 0 aliphatic carbocycles. The van der Waals surface area contributed by atoms with Crippen molar-refractivity contribution in [3.63, 3.8) is 0 Å². The highest BCUT2D eigenvalue weighted by molar-refractivity contribution is 7.81. The molecule has 0 amide bonds. The summed E-state index contributed by atoms with van der Waals surface area (Å²) in [7, 11) is 0. The van der Waals surface area contributed by atoms with Gasteiger partial charge < -0.3 is 5.11 Å². The number of non-ortho nitro benzene ring substituents is 1. The van der Waals surface area contributed by atoms with Gasteiger partial charge in [-0.25, -0.2) is 0 Å². The SMILES string of the molecule is O=C(O)C(S)c1ccc([N+](=O)[O-])cc1. The van der Waals surface area contributed by atoms with Crippen LogP contribution in [-0.2, 0) is 4.79 Å². The number of carboxylic acids is 1. The van der Waals surface area contributed by atoms with Crippen molar-refractivity contribution in [3.8, 4) is 0 Å². The van der Waals surface area contributed by atoms with Crippen molar-refractivity contribution in [2.75, 3.05) is 0 Å². The highest BCUT2D eigenvalue weighted by Crippen LogP contribution is 2.22. The molecule has 0 aliphatic rings. The number of aliphatic carboxylic acids is 1.